The van der Waals surface area contributed by atoms with Crippen molar-refractivity contribution >= 4 is 11.6 Å². The third-order valence-electron chi connectivity index (χ3n) is 2.69. The summed E-state index contributed by atoms with van der Waals surface area (Å²) in [5.74, 6) is 0.804. The minimum Gasteiger partial charge on any atom is -0.494 e. The largest absolute Gasteiger partial charge is 0.494 e. The number of benzene rings is 1. The molecule has 0 saturated heterocycles. The minimum atomic E-state index is -0.0351. The Morgan fingerprint density at radius 1 is 1.26 bits per heavy atom. The lowest BCUT2D eigenvalue weighted by molar-refractivity contribution is -0.121. The summed E-state index contributed by atoms with van der Waals surface area (Å²) in [5, 5.41) is 4.10. The molecule has 0 aromatic heterocycles. The first-order valence-corrected chi connectivity index (χ1v) is 6.73. The second-order valence-corrected chi connectivity index (χ2v) is 4.29. The van der Waals surface area contributed by atoms with Gasteiger partial charge in [0.15, 0.2) is 0 Å². The Bertz CT molecular complexity index is 424. The molecule has 104 valence electrons. The predicted molar refractivity (Wildman–Crippen MR) is 77.5 cm³/mol. The van der Waals surface area contributed by atoms with Crippen LogP contribution >= 0.6 is 0 Å². The van der Waals surface area contributed by atoms with Crippen LogP contribution in [0.1, 0.15) is 45.6 Å². The van der Waals surface area contributed by atoms with Gasteiger partial charge in [0, 0.05) is 6.42 Å². The average Bonchev–Trinajstić information content (AvgIpc) is 2.43. The van der Waals surface area contributed by atoms with E-state index in [0.717, 1.165) is 29.9 Å². The number of amides is 1. The lowest BCUT2D eigenvalue weighted by Gasteiger charge is -2.05. The Balaban J connectivity index is 2.56. The van der Waals surface area contributed by atoms with Crippen molar-refractivity contribution in [2.45, 2.75) is 40.0 Å². The Morgan fingerprint density at radius 3 is 2.53 bits per heavy atom. The third kappa shape index (κ3) is 5.55. The molecule has 0 aliphatic rings. The molecule has 0 heterocycles. The van der Waals surface area contributed by atoms with Gasteiger partial charge in [-0.1, -0.05) is 13.3 Å². The van der Waals surface area contributed by atoms with Crippen molar-refractivity contribution in [2.75, 3.05) is 6.61 Å². The molecule has 0 atom stereocenters. The summed E-state index contributed by atoms with van der Waals surface area (Å²) in [4.78, 5) is 11.4. The first kappa shape index (κ1) is 15.2. The van der Waals surface area contributed by atoms with Gasteiger partial charge >= 0.3 is 0 Å². The van der Waals surface area contributed by atoms with Gasteiger partial charge in [0.05, 0.1) is 12.3 Å². The molecule has 0 aliphatic carbocycles. The fraction of sp³-hybridized carbons (Fsp3) is 0.467. The van der Waals surface area contributed by atoms with Crippen LogP contribution in [0.5, 0.6) is 5.75 Å². The molecular formula is C15H22N2O2. The van der Waals surface area contributed by atoms with E-state index >= 15 is 0 Å². The van der Waals surface area contributed by atoms with Gasteiger partial charge in [0.2, 0.25) is 5.91 Å². The second-order valence-electron chi connectivity index (χ2n) is 4.29. The summed E-state index contributed by atoms with van der Waals surface area (Å²) in [7, 11) is 0. The van der Waals surface area contributed by atoms with E-state index < -0.39 is 0 Å². The molecule has 1 amide bonds. The van der Waals surface area contributed by atoms with Crippen LogP contribution in [0.25, 0.3) is 0 Å². The molecule has 0 radical (unpaired) electrons. The van der Waals surface area contributed by atoms with Crippen LogP contribution < -0.4 is 10.2 Å². The molecule has 0 saturated carbocycles. The van der Waals surface area contributed by atoms with E-state index in [2.05, 4.69) is 17.5 Å². The Kier molecular flexibility index (Phi) is 6.64. The van der Waals surface area contributed by atoms with Gasteiger partial charge in [-0.05, 0) is 50.1 Å². The van der Waals surface area contributed by atoms with E-state index in [1.54, 1.807) is 0 Å². The van der Waals surface area contributed by atoms with Gasteiger partial charge in [0.25, 0.3) is 0 Å². The number of carbonyl (C=O) groups is 1. The quantitative estimate of drug-likeness (QED) is 0.606. The molecule has 0 unspecified atom stereocenters. The fourth-order valence-corrected chi connectivity index (χ4v) is 1.56. The summed E-state index contributed by atoms with van der Waals surface area (Å²) < 4.78 is 5.37. The minimum absolute atomic E-state index is 0.0351. The van der Waals surface area contributed by atoms with Crippen LogP contribution in [0.4, 0.5) is 0 Å². The lowest BCUT2D eigenvalue weighted by atomic mass is 10.1. The summed E-state index contributed by atoms with van der Waals surface area (Å²) >= 11 is 0. The number of nitrogens with one attached hydrogen (secondary N) is 1. The monoisotopic (exact) mass is 262 g/mol. The molecule has 0 bridgehead atoms. The molecule has 0 fully saturated rings. The highest BCUT2D eigenvalue weighted by Gasteiger charge is 2.01. The number of hydrogen-bond acceptors (Lipinski definition) is 3. The van der Waals surface area contributed by atoms with Crippen molar-refractivity contribution in [3.05, 3.63) is 29.8 Å². The zero-order valence-electron chi connectivity index (χ0n) is 11.9. The van der Waals surface area contributed by atoms with E-state index in [1.165, 1.54) is 0 Å². The van der Waals surface area contributed by atoms with Crippen LogP contribution in [-0.2, 0) is 4.79 Å². The van der Waals surface area contributed by atoms with Crippen LogP contribution in [0.2, 0.25) is 0 Å². The van der Waals surface area contributed by atoms with Crippen molar-refractivity contribution < 1.29 is 9.53 Å². The topological polar surface area (TPSA) is 50.7 Å². The van der Waals surface area contributed by atoms with Crippen LogP contribution in [-0.4, -0.2) is 18.2 Å². The number of nitrogens with zero attached hydrogens (tertiary/aromatic N) is 1. The molecule has 1 aromatic carbocycles. The SMILES string of the molecule is CCCCC(=O)N/N=C(\C)c1ccc(OCC)cc1. The number of carbonyl (C=O) groups excluding carboxylic acids is 1. The van der Waals surface area contributed by atoms with Crippen molar-refractivity contribution in [3.8, 4) is 5.75 Å². The van der Waals surface area contributed by atoms with Crippen LogP contribution in [0.15, 0.2) is 29.4 Å². The van der Waals surface area contributed by atoms with Gasteiger partial charge in [-0.25, -0.2) is 5.43 Å². The number of rotatable bonds is 7. The highest BCUT2D eigenvalue weighted by molar-refractivity contribution is 5.99. The maximum atomic E-state index is 11.4. The molecule has 0 spiro atoms. The Morgan fingerprint density at radius 2 is 1.95 bits per heavy atom. The molecule has 0 aliphatic heterocycles. The standard InChI is InChI=1S/C15H22N2O2/c1-4-6-7-15(18)17-16-12(3)13-8-10-14(11-9-13)19-5-2/h8-11H,4-7H2,1-3H3,(H,17,18)/b16-12+. The maximum Gasteiger partial charge on any atom is 0.240 e. The van der Waals surface area contributed by atoms with Gasteiger partial charge in [-0.3, -0.25) is 4.79 Å². The zero-order valence-corrected chi connectivity index (χ0v) is 11.9. The molecule has 1 rings (SSSR count). The molecule has 1 N–H and O–H groups in total. The van der Waals surface area contributed by atoms with E-state index in [1.807, 2.05) is 38.1 Å². The van der Waals surface area contributed by atoms with Crippen molar-refractivity contribution in [2.24, 2.45) is 5.10 Å². The number of ether oxygens (including phenoxy) is 1. The number of hydrogen-bond donors (Lipinski definition) is 1. The number of hydrazone groups is 1. The van der Waals surface area contributed by atoms with Crippen molar-refractivity contribution in [3.63, 3.8) is 0 Å². The third-order valence-corrected chi connectivity index (χ3v) is 2.69. The summed E-state index contributed by atoms with van der Waals surface area (Å²) in [6.45, 7) is 6.53. The summed E-state index contributed by atoms with van der Waals surface area (Å²) in [6, 6.07) is 7.66. The second kappa shape index (κ2) is 8.29. The highest BCUT2D eigenvalue weighted by Crippen LogP contribution is 2.12. The first-order chi connectivity index (χ1) is 9.17. The van der Waals surface area contributed by atoms with E-state index in [0.29, 0.717) is 13.0 Å². The van der Waals surface area contributed by atoms with E-state index in [-0.39, 0.29) is 5.91 Å². The Hall–Kier alpha value is -1.84. The normalized spacial score (nSPS) is 11.2. The van der Waals surface area contributed by atoms with Crippen molar-refractivity contribution in [1.29, 1.82) is 0 Å². The predicted octanol–water partition coefficient (Wildman–Crippen LogP) is 3.12. The van der Waals surface area contributed by atoms with Gasteiger partial charge in [0.1, 0.15) is 5.75 Å². The van der Waals surface area contributed by atoms with Crippen LogP contribution in [0.3, 0.4) is 0 Å². The number of unbranched alkanes of at least 4 members (excludes halogenated alkanes) is 1. The van der Waals surface area contributed by atoms with Crippen molar-refractivity contribution in [1.82, 2.24) is 5.43 Å². The summed E-state index contributed by atoms with van der Waals surface area (Å²) in [6.07, 6.45) is 2.43. The zero-order chi connectivity index (χ0) is 14.1. The molecular weight excluding hydrogens is 240 g/mol. The summed E-state index contributed by atoms with van der Waals surface area (Å²) in [5.41, 5.74) is 4.33. The molecule has 4 nitrogen and oxygen atoms in total. The lowest BCUT2D eigenvalue weighted by Crippen LogP contribution is -2.18. The van der Waals surface area contributed by atoms with E-state index in [4.69, 9.17) is 4.74 Å². The van der Waals surface area contributed by atoms with Gasteiger partial charge < -0.3 is 4.74 Å². The molecule has 19 heavy (non-hydrogen) atoms. The average molecular weight is 262 g/mol. The molecule has 1 aromatic rings. The molecule has 4 heteroatoms. The van der Waals surface area contributed by atoms with Gasteiger partial charge in [-0.2, -0.15) is 5.10 Å². The highest BCUT2D eigenvalue weighted by atomic mass is 16.5. The smallest absolute Gasteiger partial charge is 0.240 e. The van der Waals surface area contributed by atoms with Gasteiger partial charge in [-0.15, -0.1) is 0 Å². The fourth-order valence-electron chi connectivity index (χ4n) is 1.56. The van der Waals surface area contributed by atoms with Crippen LogP contribution in [0, 0.1) is 0 Å². The first-order valence-electron chi connectivity index (χ1n) is 6.73. The Labute approximate surface area is 114 Å². The van der Waals surface area contributed by atoms with E-state index in [9.17, 15) is 4.79 Å². The maximum absolute atomic E-state index is 11.4.